The lowest BCUT2D eigenvalue weighted by atomic mass is 9.75. The number of carbonyl (C=O) groups excluding carboxylic acids is 1. The fourth-order valence-electron chi connectivity index (χ4n) is 2.08. The Morgan fingerprint density at radius 2 is 2.29 bits per heavy atom. The average Bonchev–Trinajstić information content (AvgIpc) is 2.24. The number of aryl methyl sites for hydroxylation is 1. The first-order valence-corrected chi connectivity index (χ1v) is 6.06. The molecule has 4 nitrogen and oxygen atoms in total. The molecule has 1 aromatic rings. The van der Waals surface area contributed by atoms with Gasteiger partial charge in [-0.2, -0.15) is 0 Å². The van der Waals surface area contributed by atoms with Crippen molar-refractivity contribution < 1.29 is 4.79 Å². The Kier molecular flexibility index (Phi) is 3.43. The molecule has 2 rings (SSSR count). The van der Waals surface area contributed by atoms with Crippen LogP contribution in [0.5, 0.6) is 0 Å². The minimum absolute atomic E-state index is 0.0236. The van der Waals surface area contributed by atoms with Crippen molar-refractivity contribution >= 4 is 5.91 Å². The molecule has 0 unspecified atom stereocenters. The van der Waals surface area contributed by atoms with Gasteiger partial charge in [-0.3, -0.25) is 9.78 Å². The number of pyridine rings is 1. The zero-order valence-electron chi connectivity index (χ0n) is 10.2. The second kappa shape index (κ2) is 4.84. The van der Waals surface area contributed by atoms with Crippen LogP contribution in [0.3, 0.4) is 0 Å². The van der Waals surface area contributed by atoms with Crippen LogP contribution in [0.1, 0.15) is 37.1 Å². The van der Waals surface area contributed by atoms with Crippen LogP contribution in [-0.2, 0) is 11.3 Å². The van der Waals surface area contributed by atoms with E-state index in [-0.39, 0.29) is 11.4 Å². The largest absolute Gasteiger partial charge is 0.350 e. The molecule has 4 heteroatoms. The van der Waals surface area contributed by atoms with Gasteiger partial charge >= 0.3 is 0 Å². The number of carbonyl (C=O) groups is 1. The second-order valence-electron chi connectivity index (χ2n) is 4.94. The van der Waals surface area contributed by atoms with Crippen LogP contribution in [0.15, 0.2) is 18.2 Å². The van der Waals surface area contributed by atoms with Crippen molar-refractivity contribution in [3.05, 3.63) is 29.6 Å². The number of rotatable bonds is 4. The number of nitrogens with two attached hydrogens (primary N) is 1. The molecule has 0 aromatic carbocycles. The maximum absolute atomic E-state index is 11.7. The molecule has 0 radical (unpaired) electrons. The summed E-state index contributed by atoms with van der Waals surface area (Å²) in [4.78, 5) is 16.0. The third-order valence-corrected chi connectivity index (χ3v) is 3.27. The van der Waals surface area contributed by atoms with E-state index in [2.05, 4.69) is 10.3 Å². The fraction of sp³-hybridized carbons (Fsp3) is 0.538. The van der Waals surface area contributed by atoms with Crippen molar-refractivity contribution in [1.29, 1.82) is 0 Å². The topological polar surface area (TPSA) is 68.0 Å². The van der Waals surface area contributed by atoms with E-state index in [0.29, 0.717) is 13.0 Å². The summed E-state index contributed by atoms with van der Waals surface area (Å²) in [5.41, 5.74) is 7.63. The summed E-state index contributed by atoms with van der Waals surface area (Å²) in [7, 11) is 0. The highest BCUT2D eigenvalue weighted by atomic mass is 16.1. The van der Waals surface area contributed by atoms with E-state index in [4.69, 9.17) is 5.73 Å². The van der Waals surface area contributed by atoms with Crippen LogP contribution in [0.25, 0.3) is 0 Å². The predicted molar refractivity (Wildman–Crippen MR) is 66.2 cm³/mol. The molecule has 92 valence electrons. The van der Waals surface area contributed by atoms with Crippen LogP contribution in [-0.4, -0.2) is 16.4 Å². The molecule has 1 aromatic heterocycles. The summed E-state index contributed by atoms with van der Waals surface area (Å²) < 4.78 is 0. The highest BCUT2D eigenvalue weighted by Gasteiger charge is 2.34. The van der Waals surface area contributed by atoms with E-state index in [0.717, 1.165) is 30.7 Å². The first-order chi connectivity index (χ1) is 8.07. The molecule has 0 bridgehead atoms. The Balaban J connectivity index is 1.80. The quantitative estimate of drug-likeness (QED) is 0.823. The minimum atomic E-state index is -0.246. The molecular formula is C13H19N3O. The van der Waals surface area contributed by atoms with Gasteiger partial charge in [0.25, 0.3) is 0 Å². The van der Waals surface area contributed by atoms with Gasteiger partial charge in [-0.05, 0) is 38.3 Å². The molecule has 1 amide bonds. The van der Waals surface area contributed by atoms with E-state index in [1.807, 2.05) is 25.1 Å². The van der Waals surface area contributed by atoms with E-state index in [1.165, 1.54) is 0 Å². The average molecular weight is 233 g/mol. The number of aromatic nitrogens is 1. The van der Waals surface area contributed by atoms with Crippen molar-refractivity contribution in [1.82, 2.24) is 10.3 Å². The van der Waals surface area contributed by atoms with Gasteiger partial charge in [-0.15, -0.1) is 0 Å². The van der Waals surface area contributed by atoms with E-state index >= 15 is 0 Å². The van der Waals surface area contributed by atoms with Crippen LogP contribution in [0, 0.1) is 6.92 Å². The fourth-order valence-corrected chi connectivity index (χ4v) is 2.08. The van der Waals surface area contributed by atoms with Crippen molar-refractivity contribution in [3.63, 3.8) is 0 Å². The SMILES string of the molecule is Cc1cccc(CNC(=O)CC2(N)CCC2)n1. The highest BCUT2D eigenvalue weighted by Crippen LogP contribution is 2.31. The van der Waals surface area contributed by atoms with Gasteiger partial charge in [-0.25, -0.2) is 0 Å². The maximum Gasteiger partial charge on any atom is 0.222 e. The first kappa shape index (κ1) is 12.0. The van der Waals surface area contributed by atoms with Crippen molar-refractivity contribution in [2.75, 3.05) is 0 Å². The van der Waals surface area contributed by atoms with Gasteiger partial charge < -0.3 is 11.1 Å². The summed E-state index contributed by atoms with van der Waals surface area (Å²) in [5, 5.41) is 2.87. The summed E-state index contributed by atoms with van der Waals surface area (Å²) >= 11 is 0. The van der Waals surface area contributed by atoms with Crippen LogP contribution in [0.2, 0.25) is 0 Å². The molecule has 1 heterocycles. The maximum atomic E-state index is 11.7. The van der Waals surface area contributed by atoms with Gasteiger partial charge in [0.1, 0.15) is 0 Å². The van der Waals surface area contributed by atoms with E-state index in [9.17, 15) is 4.79 Å². The number of nitrogens with one attached hydrogen (secondary N) is 1. The van der Waals surface area contributed by atoms with Crippen molar-refractivity contribution in [3.8, 4) is 0 Å². The number of hydrogen-bond acceptors (Lipinski definition) is 3. The molecule has 1 aliphatic rings. The summed E-state index contributed by atoms with van der Waals surface area (Å²) in [6.07, 6.45) is 3.49. The number of nitrogens with zero attached hydrogens (tertiary/aromatic N) is 1. The molecule has 17 heavy (non-hydrogen) atoms. The molecule has 3 N–H and O–H groups in total. The monoisotopic (exact) mass is 233 g/mol. The van der Waals surface area contributed by atoms with Gasteiger partial charge in [0.05, 0.1) is 12.2 Å². The standard InChI is InChI=1S/C13H19N3O/c1-10-4-2-5-11(16-10)9-15-12(17)8-13(14)6-3-7-13/h2,4-5H,3,6-9,14H2,1H3,(H,15,17). The minimum Gasteiger partial charge on any atom is -0.350 e. The van der Waals surface area contributed by atoms with Gasteiger partial charge in [-0.1, -0.05) is 6.07 Å². The summed E-state index contributed by atoms with van der Waals surface area (Å²) in [6, 6.07) is 5.80. The van der Waals surface area contributed by atoms with Gasteiger partial charge in [0, 0.05) is 17.7 Å². The number of amides is 1. The zero-order chi connectivity index (χ0) is 12.3. The molecular weight excluding hydrogens is 214 g/mol. The predicted octanol–water partition coefficient (Wildman–Crippen LogP) is 1.28. The Morgan fingerprint density at radius 3 is 2.88 bits per heavy atom. The van der Waals surface area contributed by atoms with E-state index in [1.54, 1.807) is 0 Å². The third kappa shape index (κ3) is 3.27. The smallest absolute Gasteiger partial charge is 0.222 e. The molecule has 1 aliphatic carbocycles. The van der Waals surface area contributed by atoms with Crippen LogP contribution < -0.4 is 11.1 Å². The lowest BCUT2D eigenvalue weighted by molar-refractivity contribution is -0.123. The second-order valence-corrected chi connectivity index (χ2v) is 4.94. The summed E-state index contributed by atoms with van der Waals surface area (Å²) in [5.74, 6) is 0.0236. The molecule has 0 aliphatic heterocycles. The van der Waals surface area contributed by atoms with Crippen LogP contribution >= 0.6 is 0 Å². The lowest BCUT2D eigenvalue weighted by Gasteiger charge is -2.37. The highest BCUT2D eigenvalue weighted by molar-refractivity contribution is 5.77. The zero-order valence-corrected chi connectivity index (χ0v) is 10.2. The van der Waals surface area contributed by atoms with Gasteiger partial charge in [0.15, 0.2) is 0 Å². The number of hydrogen-bond donors (Lipinski definition) is 2. The molecule has 1 saturated carbocycles. The first-order valence-electron chi connectivity index (χ1n) is 6.06. The molecule has 0 spiro atoms. The Hall–Kier alpha value is -1.42. The Labute approximate surface area is 102 Å². The van der Waals surface area contributed by atoms with Crippen molar-refractivity contribution in [2.45, 2.75) is 44.7 Å². The van der Waals surface area contributed by atoms with Crippen LogP contribution in [0.4, 0.5) is 0 Å². The molecule has 0 saturated heterocycles. The molecule has 1 fully saturated rings. The normalized spacial score (nSPS) is 17.3. The molecule has 0 atom stereocenters. The lowest BCUT2D eigenvalue weighted by Crippen LogP contribution is -2.49. The van der Waals surface area contributed by atoms with E-state index < -0.39 is 0 Å². The Bertz CT molecular complexity index is 413. The van der Waals surface area contributed by atoms with Gasteiger partial charge in [0.2, 0.25) is 5.91 Å². The van der Waals surface area contributed by atoms with Crippen molar-refractivity contribution in [2.24, 2.45) is 5.73 Å². The third-order valence-electron chi connectivity index (χ3n) is 3.27. The summed E-state index contributed by atoms with van der Waals surface area (Å²) in [6.45, 7) is 2.42. The Morgan fingerprint density at radius 1 is 1.53 bits per heavy atom.